The van der Waals surface area contributed by atoms with E-state index in [4.69, 9.17) is 9.26 Å². The molecule has 1 aliphatic rings. The molecule has 0 N–H and O–H groups in total. The second kappa shape index (κ2) is 7.22. The molecule has 8 nitrogen and oxygen atoms in total. The molecule has 0 spiro atoms. The van der Waals surface area contributed by atoms with Crippen LogP contribution in [0.3, 0.4) is 0 Å². The van der Waals surface area contributed by atoms with Crippen molar-refractivity contribution < 1.29 is 9.26 Å². The highest BCUT2D eigenvalue weighted by Crippen LogP contribution is 2.29. The molecule has 0 atom stereocenters. The Morgan fingerprint density at radius 2 is 1.96 bits per heavy atom. The summed E-state index contributed by atoms with van der Waals surface area (Å²) in [6, 6.07) is 13.4. The van der Waals surface area contributed by atoms with Gasteiger partial charge in [-0.3, -0.25) is 0 Å². The lowest BCUT2D eigenvalue weighted by Crippen LogP contribution is -2.00. The second-order valence-corrected chi connectivity index (χ2v) is 6.79. The molecule has 0 bridgehead atoms. The van der Waals surface area contributed by atoms with Crippen LogP contribution in [0.2, 0.25) is 0 Å². The van der Waals surface area contributed by atoms with E-state index in [1.54, 1.807) is 17.2 Å². The van der Waals surface area contributed by atoms with Gasteiger partial charge in [0.2, 0.25) is 17.6 Å². The number of hydrogen-bond donors (Lipinski definition) is 0. The van der Waals surface area contributed by atoms with Crippen LogP contribution in [-0.2, 0) is 6.42 Å². The van der Waals surface area contributed by atoms with E-state index in [0.717, 1.165) is 23.6 Å². The first kappa shape index (κ1) is 16.6. The van der Waals surface area contributed by atoms with Gasteiger partial charge in [0.15, 0.2) is 0 Å². The summed E-state index contributed by atoms with van der Waals surface area (Å²) in [6.45, 7) is 0.738. The number of para-hydroxylation sites is 1. The van der Waals surface area contributed by atoms with Gasteiger partial charge in [-0.25, -0.2) is 4.98 Å². The molecule has 0 unspecified atom stereocenters. The van der Waals surface area contributed by atoms with Gasteiger partial charge in [0.05, 0.1) is 30.6 Å². The monoisotopic (exact) mass is 374 g/mol. The van der Waals surface area contributed by atoms with Gasteiger partial charge in [-0.15, -0.1) is 0 Å². The van der Waals surface area contributed by atoms with E-state index in [1.807, 2.05) is 42.5 Å². The lowest BCUT2D eigenvalue weighted by Gasteiger charge is -2.03. The fraction of sp³-hybridized carbons (Fsp3) is 0.250. The number of benzene rings is 1. The topological polar surface area (TPSA) is 91.8 Å². The average molecular weight is 374 g/mol. The summed E-state index contributed by atoms with van der Waals surface area (Å²) in [6.07, 6.45) is 6.31. The van der Waals surface area contributed by atoms with Gasteiger partial charge >= 0.3 is 0 Å². The third kappa shape index (κ3) is 3.75. The normalized spacial score (nSPS) is 13.6. The molecule has 1 aromatic carbocycles. The minimum absolute atomic E-state index is 0.413. The highest BCUT2D eigenvalue weighted by atomic mass is 16.5. The van der Waals surface area contributed by atoms with Crippen LogP contribution in [0.25, 0.3) is 17.1 Å². The van der Waals surface area contributed by atoms with E-state index in [2.05, 4.69) is 25.3 Å². The molecule has 5 rings (SSSR count). The predicted octanol–water partition coefficient (Wildman–Crippen LogP) is 3.09. The van der Waals surface area contributed by atoms with Crippen LogP contribution < -0.4 is 4.74 Å². The van der Waals surface area contributed by atoms with E-state index < -0.39 is 0 Å². The highest BCUT2D eigenvalue weighted by Gasteiger charge is 2.22. The zero-order chi connectivity index (χ0) is 18.8. The van der Waals surface area contributed by atoms with Gasteiger partial charge in [0, 0.05) is 17.8 Å². The smallest absolute Gasteiger partial charge is 0.233 e. The third-order valence-electron chi connectivity index (χ3n) is 4.49. The molecule has 3 heterocycles. The molecule has 28 heavy (non-hydrogen) atoms. The van der Waals surface area contributed by atoms with Crippen molar-refractivity contribution in [2.75, 3.05) is 6.61 Å². The summed E-state index contributed by atoms with van der Waals surface area (Å²) >= 11 is 0. The number of ether oxygens (including phenoxy) is 1. The fourth-order valence-corrected chi connectivity index (χ4v) is 2.75. The fourth-order valence-electron chi connectivity index (χ4n) is 2.75. The second-order valence-electron chi connectivity index (χ2n) is 6.79. The van der Waals surface area contributed by atoms with E-state index in [1.165, 1.54) is 12.8 Å². The summed E-state index contributed by atoms with van der Waals surface area (Å²) < 4.78 is 11.0. The lowest BCUT2D eigenvalue weighted by molar-refractivity contribution is 0.288. The van der Waals surface area contributed by atoms with Crippen molar-refractivity contribution in [2.24, 2.45) is 5.92 Å². The van der Waals surface area contributed by atoms with Crippen LogP contribution in [0.1, 0.15) is 24.4 Å². The van der Waals surface area contributed by atoms with Gasteiger partial charge in [-0.2, -0.15) is 20.0 Å². The van der Waals surface area contributed by atoms with Crippen LogP contribution in [0.4, 0.5) is 0 Å². The quantitative estimate of drug-likeness (QED) is 0.491. The Morgan fingerprint density at radius 3 is 2.75 bits per heavy atom. The van der Waals surface area contributed by atoms with Crippen LogP contribution >= 0.6 is 0 Å². The van der Waals surface area contributed by atoms with Gasteiger partial charge in [-0.05, 0) is 37.0 Å². The van der Waals surface area contributed by atoms with Gasteiger partial charge < -0.3 is 9.26 Å². The molecule has 1 aliphatic carbocycles. The Kier molecular flexibility index (Phi) is 4.29. The molecular weight excluding hydrogens is 356 g/mol. The van der Waals surface area contributed by atoms with Crippen LogP contribution in [0.5, 0.6) is 5.88 Å². The Morgan fingerprint density at radius 1 is 1.07 bits per heavy atom. The first-order valence-corrected chi connectivity index (χ1v) is 9.22. The summed E-state index contributed by atoms with van der Waals surface area (Å²) in [5.41, 5.74) is 2.43. The molecule has 4 aromatic rings. The highest BCUT2D eigenvalue weighted by molar-refractivity contribution is 5.53. The van der Waals surface area contributed by atoms with E-state index in [-0.39, 0.29) is 0 Å². The molecule has 1 saturated carbocycles. The van der Waals surface area contributed by atoms with Crippen LogP contribution in [-0.4, -0.2) is 36.7 Å². The molecule has 0 saturated heterocycles. The van der Waals surface area contributed by atoms with Crippen molar-refractivity contribution in [3.8, 4) is 23.0 Å². The van der Waals surface area contributed by atoms with E-state index in [0.29, 0.717) is 29.9 Å². The van der Waals surface area contributed by atoms with Crippen molar-refractivity contribution >= 4 is 0 Å². The van der Waals surface area contributed by atoms with Gasteiger partial charge in [-0.1, -0.05) is 23.4 Å². The maximum Gasteiger partial charge on any atom is 0.233 e. The molecule has 0 radical (unpaired) electrons. The van der Waals surface area contributed by atoms with Gasteiger partial charge in [0.25, 0.3) is 0 Å². The Labute approximate surface area is 161 Å². The summed E-state index contributed by atoms with van der Waals surface area (Å²) in [4.78, 5) is 10.3. The average Bonchev–Trinajstić information content (AvgIpc) is 3.26. The van der Waals surface area contributed by atoms with Crippen LogP contribution in [0, 0.1) is 5.92 Å². The van der Waals surface area contributed by atoms with Crippen molar-refractivity contribution in [1.82, 2.24) is 30.1 Å². The first-order valence-electron chi connectivity index (χ1n) is 9.22. The summed E-state index contributed by atoms with van der Waals surface area (Å²) in [7, 11) is 0. The molecule has 3 aromatic heterocycles. The largest absolute Gasteiger partial charge is 0.477 e. The van der Waals surface area contributed by atoms with Crippen molar-refractivity contribution in [1.29, 1.82) is 0 Å². The standard InChI is InChI=1S/C20H18N6O2/c1-2-4-17(5-3-1)26-22-12-16(24-26)10-19-23-20(25-28-19)15-8-9-18(21-11-15)27-13-14-6-7-14/h1-5,8-9,11-12,14H,6-7,10,13H2. The minimum atomic E-state index is 0.413. The Balaban J connectivity index is 1.25. The molecule has 8 heteroatoms. The predicted molar refractivity (Wildman–Crippen MR) is 99.9 cm³/mol. The number of aromatic nitrogens is 6. The molecule has 1 fully saturated rings. The SMILES string of the molecule is c1ccc(-n2ncc(Cc3nc(-c4ccc(OCC5CC5)nc4)no3)n2)cc1. The first-order chi connectivity index (χ1) is 13.8. The molecule has 140 valence electrons. The maximum absolute atomic E-state index is 5.65. The van der Waals surface area contributed by atoms with E-state index >= 15 is 0 Å². The third-order valence-corrected chi connectivity index (χ3v) is 4.49. The number of hydrogen-bond acceptors (Lipinski definition) is 7. The van der Waals surface area contributed by atoms with E-state index in [9.17, 15) is 0 Å². The molecule has 0 aliphatic heterocycles. The van der Waals surface area contributed by atoms with Crippen LogP contribution in [0.15, 0.2) is 59.4 Å². The van der Waals surface area contributed by atoms with Gasteiger partial charge in [0.1, 0.15) is 0 Å². The number of rotatable bonds is 7. The molecular formula is C20H18N6O2. The number of nitrogens with zero attached hydrogens (tertiary/aromatic N) is 6. The maximum atomic E-state index is 5.65. The van der Waals surface area contributed by atoms with Crippen molar-refractivity contribution in [2.45, 2.75) is 19.3 Å². The number of pyridine rings is 1. The Hall–Kier alpha value is -3.55. The lowest BCUT2D eigenvalue weighted by atomic mass is 10.2. The zero-order valence-electron chi connectivity index (χ0n) is 15.1. The van der Waals surface area contributed by atoms with Crippen molar-refractivity contribution in [3.05, 3.63) is 66.4 Å². The molecule has 0 amide bonds. The minimum Gasteiger partial charge on any atom is -0.477 e. The Bertz CT molecular complexity index is 1050. The zero-order valence-corrected chi connectivity index (χ0v) is 15.1. The van der Waals surface area contributed by atoms with Crippen molar-refractivity contribution in [3.63, 3.8) is 0 Å². The summed E-state index contributed by atoms with van der Waals surface area (Å²) in [5.74, 6) is 2.29. The summed E-state index contributed by atoms with van der Waals surface area (Å²) in [5, 5.41) is 12.8.